The van der Waals surface area contributed by atoms with E-state index in [1.807, 2.05) is 12.1 Å². The Bertz CT molecular complexity index is 552. The van der Waals surface area contributed by atoms with E-state index in [0.717, 1.165) is 5.39 Å². The van der Waals surface area contributed by atoms with Gasteiger partial charge in [-0.2, -0.15) is 0 Å². The zero-order valence-corrected chi connectivity index (χ0v) is 9.82. The Morgan fingerprint density at radius 3 is 2.75 bits per heavy atom. The molecule has 3 nitrogen and oxygen atoms in total. The maximum atomic E-state index is 11.9. The molecule has 1 amide bonds. The molecule has 0 saturated carbocycles. The van der Waals surface area contributed by atoms with Crippen molar-refractivity contribution in [3.63, 3.8) is 0 Å². The van der Waals surface area contributed by atoms with Crippen molar-refractivity contribution in [2.75, 3.05) is 14.1 Å². The molecule has 2 aromatic rings. The fraction of sp³-hybridized carbons (Fsp3) is 0.167. The second kappa shape index (κ2) is 4.10. The third-order valence-electron chi connectivity index (χ3n) is 2.35. The van der Waals surface area contributed by atoms with Crippen LogP contribution in [0.2, 0.25) is 5.02 Å². The van der Waals surface area contributed by atoms with E-state index in [1.54, 1.807) is 32.4 Å². The van der Waals surface area contributed by atoms with Gasteiger partial charge in [0.05, 0.1) is 16.1 Å². The summed E-state index contributed by atoms with van der Waals surface area (Å²) < 4.78 is 0. The Morgan fingerprint density at radius 2 is 2.06 bits per heavy atom. The van der Waals surface area contributed by atoms with Gasteiger partial charge in [-0.15, -0.1) is 0 Å². The number of hydrogen-bond donors (Lipinski definition) is 0. The topological polar surface area (TPSA) is 33.2 Å². The summed E-state index contributed by atoms with van der Waals surface area (Å²) in [5.74, 6) is -0.0691. The summed E-state index contributed by atoms with van der Waals surface area (Å²) in [7, 11) is 3.43. The molecule has 0 bridgehead atoms. The number of amides is 1. The maximum absolute atomic E-state index is 11.9. The minimum absolute atomic E-state index is 0.0691. The third kappa shape index (κ3) is 1.74. The predicted octanol–water partition coefficient (Wildman–Crippen LogP) is 2.59. The fourth-order valence-electron chi connectivity index (χ4n) is 1.56. The Balaban J connectivity index is 2.72. The Hall–Kier alpha value is -1.61. The van der Waals surface area contributed by atoms with Gasteiger partial charge in [0, 0.05) is 25.7 Å². The zero-order chi connectivity index (χ0) is 11.7. The number of halogens is 1. The lowest BCUT2D eigenvalue weighted by molar-refractivity contribution is 0.0829. The molecule has 0 spiro atoms. The second-order valence-electron chi connectivity index (χ2n) is 3.69. The molecule has 0 unspecified atom stereocenters. The highest BCUT2D eigenvalue weighted by Gasteiger charge is 2.13. The lowest BCUT2D eigenvalue weighted by Gasteiger charge is -2.11. The summed E-state index contributed by atoms with van der Waals surface area (Å²) in [5, 5.41) is 1.41. The van der Waals surface area contributed by atoms with E-state index in [4.69, 9.17) is 11.6 Å². The van der Waals surface area contributed by atoms with Crippen molar-refractivity contribution in [3.8, 4) is 0 Å². The number of pyridine rings is 1. The lowest BCUT2D eigenvalue weighted by Crippen LogP contribution is -2.22. The van der Waals surface area contributed by atoms with E-state index in [9.17, 15) is 4.79 Å². The highest BCUT2D eigenvalue weighted by molar-refractivity contribution is 6.35. The van der Waals surface area contributed by atoms with Crippen molar-refractivity contribution >= 4 is 28.4 Å². The van der Waals surface area contributed by atoms with Gasteiger partial charge >= 0.3 is 0 Å². The molecule has 0 aliphatic rings. The van der Waals surface area contributed by atoms with E-state index in [1.165, 1.54) is 4.90 Å². The van der Waals surface area contributed by atoms with Gasteiger partial charge in [-0.25, -0.2) is 0 Å². The summed E-state index contributed by atoms with van der Waals surface area (Å²) in [5.41, 5.74) is 1.22. The van der Waals surface area contributed by atoms with Gasteiger partial charge < -0.3 is 4.90 Å². The van der Waals surface area contributed by atoms with Crippen LogP contribution in [0.1, 0.15) is 10.4 Å². The molecule has 2 rings (SSSR count). The largest absolute Gasteiger partial charge is 0.345 e. The molecule has 1 aromatic carbocycles. The molecule has 0 atom stereocenters. The molecule has 0 radical (unpaired) electrons. The normalized spacial score (nSPS) is 10.4. The van der Waals surface area contributed by atoms with Crippen LogP contribution in [0.3, 0.4) is 0 Å². The van der Waals surface area contributed by atoms with Crippen LogP contribution in [0.25, 0.3) is 10.9 Å². The Kier molecular flexibility index (Phi) is 2.79. The number of nitrogens with zero attached hydrogens (tertiary/aromatic N) is 2. The first-order chi connectivity index (χ1) is 7.61. The van der Waals surface area contributed by atoms with Gasteiger partial charge in [-0.3, -0.25) is 9.78 Å². The quantitative estimate of drug-likeness (QED) is 0.760. The number of hydrogen-bond acceptors (Lipinski definition) is 2. The molecule has 0 fully saturated rings. The van der Waals surface area contributed by atoms with E-state index in [2.05, 4.69) is 4.98 Å². The van der Waals surface area contributed by atoms with Crippen LogP contribution in [0.15, 0.2) is 30.5 Å². The minimum atomic E-state index is -0.0691. The monoisotopic (exact) mass is 234 g/mol. The van der Waals surface area contributed by atoms with Gasteiger partial charge in [0.15, 0.2) is 0 Å². The SMILES string of the molecule is CN(C)C(=O)c1cccc2c(Cl)ccnc12. The Morgan fingerprint density at radius 1 is 1.31 bits per heavy atom. The van der Waals surface area contributed by atoms with Gasteiger partial charge in [-0.1, -0.05) is 23.7 Å². The summed E-state index contributed by atoms with van der Waals surface area (Å²) in [4.78, 5) is 17.7. The van der Waals surface area contributed by atoms with Gasteiger partial charge in [0.25, 0.3) is 5.91 Å². The van der Waals surface area contributed by atoms with E-state index >= 15 is 0 Å². The third-order valence-corrected chi connectivity index (χ3v) is 2.68. The fourth-order valence-corrected chi connectivity index (χ4v) is 1.76. The zero-order valence-electron chi connectivity index (χ0n) is 9.07. The second-order valence-corrected chi connectivity index (χ2v) is 4.10. The van der Waals surface area contributed by atoms with Crippen LogP contribution >= 0.6 is 11.6 Å². The van der Waals surface area contributed by atoms with E-state index in [0.29, 0.717) is 16.1 Å². The van der Waals surface area contributed by atoms with Crippen molar-refractivity contribution in [3.05, 3.63) is 41.0 Å². The standard InChI is InChI=1S/C12H11ClN2O/c1-15(2)12(16)9-5-3-4-8-10(13)6-7-14-11(8)9/h3-7H,1-2H3. The van der Waals surface area contributed by atoms with Crippen LogP contribution in [0, 0.1) is 0 Å². The average molecular weight is 235 g/mol. The number of para-hydroxylation sites is 1. The smallest absolute Gasteiger partial charge is 0.255 e. The number of carbonyl (C=O) groups excluding carboxylic acids is 1. The molecule has 1 heterocycles. The van der Waals surface area contributed by atoms with Crippen LogP contribution in [0.4, 0.5) is 0 Å². The van der Waals surface area contributed by atoms with E-state index in [-0.39, 0.29) is 5.91 Å². The molecule has 82 valence electrons. The van der Waals surface area contributed by atoms with Crippen LogP contribution < -0.4 is 0 Å². The first-order valence-corrected chi connectivity index (χ1v) is 5.24. The molecule has 1 aromatic heterocycles. The number of rotatable bonds is 1. The van der Waals surface area contributed by atoms with Crippen molar-refractivity contribution in [2.24, 2.45) is 0 Å². The highest BCUT2D eigenvalue weighted by atomic mass is 35.5. The molecule has 0 aliphatic heterocycles. The van der Waals surface area contributed by atoms with Crippen molar-refractivity contribution in [1.29, 1.82) is 0 Å². The maximum Gasteiger partial charge on any atom is 0.255 e. The van der Waals surface area contributed by atoms with Crippen molar-refractivity contribution < 1.29 is 4.79 Å². The van der Waals surface area contributed by atoms with Crippen LogP contribution in [-0.2, 0) is 0 Å². The van der Waals surface area contributed by atoms with Crippen molar-refractivity contribution in [1.82, 2.24) is 9.88 Å². The molecular formula is C12H11ClN2O. The van der Waals surface area contributed by atoms with E-state index < -0.39 is 0 Å². The molecule has 0 N–H and O–H groups in total. The molecular weight excluding hydrogens is 224 g/mol. The van der Waals surface area contributed by atoms with Gasteiger partial charge in [0.2, 0.25) is 0 Å². The molecule has 16 heavy (non-hydrogen) atoms. The Labute approximate surface area is 98.7 Å². The first kappa shape index (κ1) is 10.9. The average Bonchev–Trinajstić information content (AvgIpc) is 2.28. The summed E-state index contributed by atoms with van der Waals surface area (Å²) >= 11 is 6.05. The van der Waals surface area contributed by atoms with Crippen LogP contribution in [-0.4, -0.2) is 29.9 Å². The molecule has 0 aliphatic carbocycles. The van der Waals surface area contributed by atoms with Crippen LogP contribution in [0.5, 0.6) is 0 Å². The summed E-state index contributed by atoms with van der Waals surface area (Å²) in [6.07, 6.45) is 1.61. The number of fused-ring (bicyclic) bond motifs is 1. The molecule has 0 saturated heterocycles. The molecule has 4 heteroatoms. The summed E-state index contributed by atoms with van der Waals surface area (Å²) in [6, 6.07) is 7.14. The highest BCUT2D eigenvalue weighted by Crippen LogP contribution is 2.24. The number of carbonyl (C=O) groups is 1. The predicted molar refractivity (Wildman–Crippen MR) is 64.8 cm³/mol. The number of benzene rings is 1. The number of aromatic nitrogens is 1. The summed E-state index contributed by atoms with van der Waals surface area (Å²) in [6.45, 7) is 0. The van der Waals surface area contributed by atoms with Gasteiger partial charge in [0.1, 0.15) is 0 Å². The first-order valence-electron chi connectivity index (χ1n) is 4.86. The minimum Gasteiger partial charge on any atom is -0.345 e. The lowest BCUT2D eigenvalue weighted by atomic mass is 10.1. The van der Waals surface area contributed by atoms with Gasteiger partial charge in [-0.05, 0) is 12.1 Å². The van der Waals surface area contributed by atoms with Crippen molar-refractivity contribution in [2.45, 2.75) is 0 Å².